The van der Waals surface area contributed by atoms with Gasteiger partial charge in [-0.3, -0.25) is 5.32 Å². The van der Waals surface area contributed by atoms with E-state index in [9.17, 15) is 4.79 Å². The van der Waals surface area contributed by atoms with E-state index in [4.69, 9.17) is 11.6 Å². The number of urea groups is 1. The smallest absolute Gasteiger partial charge is 0.321 e. The van der Waals surface area contributed by atoms with E-state index in [0.717, 1.165) is 16.8 Å². The van der Waals surface area contributed by atoms with Crippen LogP contribution in [0.25, 0.3) is 10.2 Å². The first-order chi connectivity index (χ1) is 9.04. The van der Waals surface area contributed by atoms with Gasteiger partial charge in [0.1, 0.15) is 0 Å². The SMILES string of the molecule is CN(C)CCNC(=O)Nc1nc2ccc(Cl)cc2s1. The minimum Gasteiger partial charge on any atom is -0.337 e. The standard InChI is InChI=1S/C12H15ClN4OS/c1-17(2)6-5-14-11(18)16-12-15-9-4-3-8(13)7-10(9)19-12/h3-4,7H,5-6H2,1-2H3,(H2,14,15,16,18). The number of hydrogen-bond acceptors (Lipinski definition) is 4. The van der Waals surface area contributed by atoms with E-state index in [1.54, 1.807) is 6.07 Å². The maximum atomic E-state index is 11.6. The number of likely N-dealkylation sites (N-methyl/N-ethyl adjacent to an activating group) is 1. The molecule has 0 saturated heterocycles. The average molecular weight is 299 g/mol. The summed E-state index contributed by atoms with van der Waals surface area (Å²) in [4.78, 5) is 18.0. The molecule has 19 heavy (non-hydrogen) atoms. The second-order valence-corrected chi connectivity index (χ2v) is 5.78. The zero-order valence-electron chi connectivity index (χ0n) is 10.7. The van der Waals surface area contributed by atoms with Crippen LogP contribution in [-0.2, 0) is 0 Å². The number of fused-ring (bicyclic) bond motifs is 1. The van der Waals surface area contributed by atoms with E-state index in [2.05, 4.69) is 15.6 Å². The van der Waals surface area contributed by atoms with Gasteiger partial charge in [0, 0.05) is 18.1 Å². The lowest BCUT2D eigenvalue weighted by molar-refractivity contribution is 0.250. The van der Waals surface area contributed by atoms with Crippen molar-refractivity contribution in [2.45, 2.75) is 0 Å². The Hall–Kier alpha value is -1.37. The third-order valence-electron chi connectivity index (χ3n) is 2.42. The Balaban J connectivity index is 1.95. The first-order valence-electron chi connectivity index (χ1n) is 5.80. The zero-order valence-corrected chi connectivity index (χ0v) is 12.3. The second-order valence-electron chi connectivity index (χ2n) is 4.32. The molecule has 102 valence electrons. The van der Waals surface area contributed by atoms with Crippen LogP contribution in [0.4, 0.5) is 9.93 Å². The van der Waals surface area contributed by atoms with E-state index in [1.165, 1.54) is 11.3 Å². The summed E-state index contributed by atoms with van der Waals surface area (Å²) in [6.07, 6.45) is 0. The number of anilines is 1. The number of aromatic nitrogens is 1. The number of halogens is 1. The molecule has 1 aromatic carbocycles. The predicted octanol–water partition coefficient (Wildman–Crippen LogP) is 2.63. The average Bonchev–Trinajstić information content (AvgIpc) is 2.69. The molecule has 0 radical (unpaired) electrons. The maximum absolute atomic E-state index is 11.6. The number of carbonyl (C=O) groups is 1. The van der Waals surface area contributed by atoms with Crippen LogP contribution in [0.5, 0.6) is 0 Å². The fraction of sp³-hybridized carbons (Fsp3) is 0.333. The Labute approximate surface area is 120 Å². The molecule has 1 heterocycles. The Morgan fingerprint density at radius 1 is 1.47 bits per heavy atom. The molecule has 2 aromatic rings. The maximum Gasteiger partial charge on any atom is 0.321 e. The number of carbonyl (C=O) groups excluding carboxylic acids is 1. The van der Waals surface area contributed by atoms with Crippen LogP contribution in [0.2, 0.25) is 5.02 Å². The summed E-state index contributed by atoms with van der Waals surface area (Å²) < 4.78 is 0.955. The molecule has 5 nitrogen and oxygen atoms in total. The van der Waals surface area contributed by atoms with Gasteiger partial charge in [-0.25, -0.2) is 9.78 Å². The fourth-order valence-corrected chi connectivity index (χ4v) is 2.62. The molecule has 2 rings (SSSR count). The molecular formula is C12H15ClN4OS. The van der Waals surface area contributed by atoms with Crippen molar-refractivity contribution in [2.24, 2.45) is 0 Å². The molecule has 0 aliphatic rings. The number of thiazole rings is 1. The molecule has 0 aliphatic heterocycles. The van der Waals surface area contributed by atoms with Gasteiger partial charge in [-0.1, -0.05) is 22.9 Å². The van der Waals surface area contributed by atoms with Gasteiger partial charge in [-0.05, 0) is 32.3 Å². The van der Waals surface area contributed by atoms with Crippen molar-refractivity contribution in [3.63, 3.8) is 0 Å². The molecule has 0 atom stereocenters. The van der Waals surface area contributed by atoms with E-state index < -0.39 is 0 Å². The van der Waals surface area contributed by atoms with Crippen LogP contribution >= 0.6 is 22.9 Å². The van der Waals surface area contributed by atoms with Gasteiger partial charge in [0.2, 0.25) is 0 Å². The number of hydrogen-bond donors (Lipinski definition) is 2. The lowest BCUT2D eigenvalue weighted by Crippen LogP contribution is -2.34. The quantitative estimate of drug-likeness (QED) is 0.912. The highest BCUT2D eigenvalue weighted by Gasteiger charge is 2.07. The largest absolute Gasteiger partial charge is 0.337 e. The van der Waals surface area contributed by atoms with Crippen LogP contribution < -0.4 is 10.6 Å². The van der Waals surface area contributed by atoms with Gasteiger partial charge in [-0.15, -0.1) is 0 Å². The van der Waals surface area contributed by atoms with E-state index in [1.807, 2.05) is 31.1 Å². The first-order valence-corrected chi connectivity index (χ1v) is 7.00. The molecule has 2 amide bonds. The van der Waals surface area contributed by atoms with Gasteiger partial charge < -0.3 is 10.2 Å². The highest BCUT2D eigenvalue weighted by Crippen LogP contribution is 2.28. The molecule has 0 unspecified atom stereocenters. The summed E-state index contributed by atoms with van der Waals surface area (Å²) in [6.45, 7) is 1.39. The third-order valence-corrected chi connectivity index (χ3v) is 3.58. The topological polar surface area (TPSA) is 57.3 Å². The van der Waals surface area contributed by atoms with Gasteiger partial charge in [0.05, 0.1) is 10.2 Å². The summed E-state index contributed by atoms with van der Waals surface area (Å²) in [5.74, 6) is 0. The molecule has 0 bridgehead atoms. The minimum atomic E-state index is -0.244. The summed E-state index contributed by atoms with van der Waals surface area (Å²) in [6, 6.07) is 5.21. The zero-order chi connectivity index (χ0) is 13.8. The normalized spacial score (nSPS) is 10.9. The van der Waals surface area contributed by atoms with Crippen LogP contribution in [0, 0.1) is 0 Å². The fourth-order valence-electron chi connectivity index (χ4n) is 1.49. The number of nitrogens with zero attached hydrogens (tertiary/aromatic N) is 2. The molecule has 0 spiro atoms. The molecule has 0 fully saturated rings. The highest BCUT2D eigenvalue weighted by atomic mass is 35.5. The van der Waals surface area contributed by atoms with Gasteiger partial charge >= 0.3 is 6.03 Å². The van der Waals surface area contributed by atoms with E-state index in [0.29, 0.717) is 16.7 Å². The number of benzene rings is 1. The minimum absolute atomic E-state index is 0.244. The molecule has 2 N–H and O–H groups in total. The molecule has 0 saturated carbocycles. The van der Waals surface area contributed by atoms with E-state index in [-0.39, 0.29) is 6.03 Å². The number of amides is 2. The lowest BCUT2D eigenvalue weighted by atomic mass is 10.3. The summed E-state index contributed by atoms with van der Waals surface area (Å²) in [7, 11) is 3.91. The van der Waals surface area contributed by atoms with Crippen molar-refractivity contribution in [1.82, 2.24) is 15.2 Å². The Morgan fingerprint density at radius 3 is 3.00 bits per heavy atom. The number of nitrogens with one attached hydrogen (secondary N) is 2. The Kier molecular flexibility index (Phi) is 4.57. The van der Waals surface area contributed by atoms with Crippen molar-refractivity contribution in [3.05, 3.63) is 23.2 Å². The van der Waals surface area contributed by atoms with Crippen molar-refractivity contribution in [2.75, 3.05) is 32.5 Å². The van der Waals surface area contributed by atoms with Gasteiger partial charge in [0.15, 0.2) is 5.13 Å². The highest BCUT2D eigenvalue weighted by molar-refractivity contribution is 7.22. The van der Waals surface area contributed by atoms with Crippen molar-refractivity contribution in [3.8, 4) is 0 Å². The van der Waals surface area contributed by atoms with Crippen LogP contribution in [-0.4, -0.2) is 43.1 Å². The van der Waals surface area contributed by atoms with Gasteiger partial charge in [0.25, 0.3) is 0 Å². The first kappa shape index (κ1) is 14.0. The number of rotatable bonds is 4. The van der Waals surface area contributed by atoms with Crippen molar-refractivity contribution >= 4 is 44.3 Å². The van der Waals surface area contributed by atoms with Crippen LogP contribution in [0.1, 0.15) is 0 Å². The molecule has 7 heteroatoms. The molecule has 0 aliphatic carbocycles. The lowest BCUT2D eigenvalue weighted by Gasteiger charge is -2.10. The Bertz CT molecular complexity index is 584. The van der Waals surface area contributed by atoms with Crippen LogP contribution in [0.3, 0.4) is 0 Å². The van der Waals surface area contributed by atoms with E-state index >= 15 is 0 Å². The van der Waals surface area contributed by atoms with Crippen molar-refractivity contribution in [1.29, 1.82) is 0 Å². The molecular weight excluding hydrogens is 284 g/mol. The van der Waals surface area contributed by atoms with Crippen LogP contribution in [0.15, 0.2) is 18.2 Å². The summed E-state index contributed by atoms with van der Waals surface area (Å²) >= 11 is 7.31. The van der Waals surface area contributed by atoms with Crippen molar-refractivity contribution < 1.29 is 4.79 Å². The summed E-state index contributed by atoms with van der Waals surface area (Å²) in [5, 5.41) is 6.72. The third kappa shape index (κ3) is 4.05. The Morgan fingerprint density at radius 2 is 2.26 bits per heavy atom. The second kappa shape index (κ2) is 6.18. The summed E-state index contributed by atoms with van der Waals surface area (Å²) in [5.41, 5.74) is 0.831. The van der Waals surface area contributed by atoms with Gasteiger partial charge in [-0.2, -0.15) is 0 Å². The predicted molar refractivity (Wildman–Crippen MR) is 80.2 cm³/mol. The molecule has 1 aromatic heterocycles. The monoisotopic (exact) mass is 298 g/mol.